The summed E-state index contributed by atoms with van der Waals surface area (Å²) in [7, 11) is 0. The number of hydrogen-bond donors (Lipinski definition) is 2. The van der Waals surface area contributed by atoms with Crippen LogP contribution in [-0.4, -0.2) is 11.6 Å². The van der Waals surface area contributed by atoms with Gasteiger partial charge in [0.05, 0.1) is 0 Å². The normalized spacial score (nSPS) is 16.7. The molecule has 0 saturated carbocycles. The van der Waals surface area contributed by atoms with Crippen molar-refractivity contribution in [1.82, 2.24) is 0 Å². The highest BCUT2D eigenvalue weighted by Crippen LogP contribution is 2.34. The van der Waals surface area contributed by atoms with Crippen molar-refractivity contribution in [3.05, 3.63) is 12.7 Å². The van der Waals surface area contributed by atoms with Crippen LogP contribution >= 0.6 is 0 Å². The average Bonchev–Trinajstić information content (AvgIpc) is 2.49. The Labute approximate surface area is 152 Å². The minimum atomic E-state index is -0.228. The summed E-state index contributed by atoms with van der Waals surface area (Å²) in [6.07, 6.45) is 13.6. The largest absolute Gasteiger partial charge is 0.328 e. The Morgan fingerprint density at radius 1 is 0.875 bits per heavy atom. The Bertz CT molecular complexity index is 340. The highest BCUT2D eigenvalue weighted by Gasteiger charge is 2.28. The van der Waals surface area contributed by atoms with Gasteiger partial charge in [0.1, 0.15) is 0 Å². The molecule has 0 aromatic heterocycles. The van der Waals surface area contributed by atoms with Crippen LogP contribution in [-0.2, 0) is 0 Å². The third kappa shape index (κ3) is 12.1. The quantitative estimate of drug-likeness (QED) is 0.311. The number of hydrogen-bond acceptors (Lipinski definition) is 2. The van der Waals surface area contributed by atoms with Crippen LogP contribution in [0.3, 0.4) is 0 Å². The first-order valence-corrected chi connectivity index (χ1v) is 10.1. The number of rotatable bonds is 13. The van der Waals surface area contributed by atoms with Crippen molar-refractivity contribution in [1.29, 1.82) is 0 Å². The van der Waals surface area contributed by atoms with Gasteiger partial charge in [-0.15, -0.1) is 6.58 Å². The van der Waals surface area contributed by atoms with Gasteiger partial charge < -0.3 is 11.5 Å². The van der Waals surface area contributed by atoms with Gasteiger partial charge in [0.2, 0.25) is 0 Å². The van der Waals surface area contributed by atoms with Crippen LogP contribution in [0.5, 0.6) is 0 Å². The van der Waals surface area contributed by atoms with Gasteiger partial charge in [-0.05, 0) is 55.8 Å². The third-order valence-electron chi connectivity index (χ3n) is 5.38. The van der Waals surface area contributed by atoms with Crippen LogP contribution in [0.4, 0.5) is 0 Å². The maximum absolute atomic E-state index is 6.61. The second-order valence-corrected chi connectivity index (χ2v) is 9.96. The molecule has 0 heterocycles. The zero-order valence-electron chi connectivity index (χ0n) is 17.6. The standard InChI is InChI=1S/C22H46N2/c1-8-10-11-12-19(23)13-14-21(6,7)16-18-22(24,9-2)17-15-20(3,4)5/h9,19H,2,8,10-18,23-24H2,1,3-7H3. The van der Waals surface area contributed by atoms with E-state index in [2.05, 4.69) is 48.1 Å². The minimum Gasteiger partial charge on any atom is -0.328 e. The van der Waals surface area contributed by atoms with Gasteiger partial charge in [-0.1, -0.05) is 66.9 Å². The molecule has 24 heavy (non-hydrogen) atoms. The molecule has 0 bridgehead atoms. The molecule has 0 fully saturated rings. The first-order valence-electron chi connectivity index (χ1n) is 10.1. The molecule has 144 valence electrons. The highest BCUT2D eigenvalue weighted by molar-refractivity contribution is 5.01. The van der Waals surface area contributed by atoms with Gasteiger partial charge in [-0.2, -0.15) is 0 Å². The maximum Gasteiger partial charge on any atom is 0.0336 e. The molecule has 0 saturated heterocycles. The van der Waals surface area contributed by atoms with Gasteiger partial charge in [0.25, 0.3) is 0 Å². The van der Waals surface area contributed by atoms with E-state index in [4.69, 9.17) is 11.5 Å². The zero-order valence-corrected chi connectivity index (χ0v) is 17.6. The summed E-state index contributed by atoms with van der Waals surface area (Å²) in [6.45, 7) is 17.8. The van der Waals surface area contributed by atoms with Crippen molar-refractivity contribution < 1.29 is 0 Å². The van der Waals surface area contributed by atoms with Gasteiger partial charge >= 0.3 is 0 Å². The predicted molar refractivity (Wildman–Crippen MR) is 110 cm³/mol. The molecule has 2 heteroatoms. The van der Waals surface area contributed by atoms with Gasteiger partial charge in [-0.3, -0.25) is 0 Å². The van der Waals surface area contributed by atoms with Crippen molar-refractivity contribution in [2.75, 3.05) is 0 Å². The first kappa shape index (κ1) is 23.7. The van der Waals surface area contributed by atoms with E-state index in [-0.39, 0.29) is 5.54 Å². The van der Waals surface area contributed by atoms with E-state index in [1.54, 1.807) is 0 Å². The maximum atomic E-state index is 6.61. The lowest BCUT2D eigenvalue weighted by Crippen LogP contribution is -2.39. The Balaban J connectivity index is 4.29. The molecule has 0 radical (unpaired) electrons. The van der Waals surface area contributed by atoms with Crippen molar-refractivity contribution >= 4 is 0 Å². The Hall–Kier alpha value is -0.340. The zero-order chi connectivity index (χ0) is 18.9. The second kappa shape index (κ2) is 10.6. The predicted octanol–water partition coefficient (Wildman–Crippen LogP) is 6.19. The van der Waals surface area contributed by atoms with E-state index in [0.29, 0.717) is 16.9 Å². The Kier molecular flexibility index (Phi) is 10.5. The SMILES string of the molecule is C=CC(N)(CCC(C)(C)C)CCC(C)(C)CCC(N)CCCCC. The molecule has 0 aliphatic carbocycles. The van der Waals surface area contributed by atoms with E-state index in [0.717, 1.165) is 32.1 Å². The lowest BCUT2D eigenvalue weighted by molar-refractivity contribution is 0.239. The number of unbranched alkanes of at least 4 members (excludes halogenated alkanes) is 2. The molecule has 4 N–H and O–H groups in total. The monoisotopic (exact) mass is 338 g/mol. The molecule has 2 nitrogen and oxygen atoms in total. The smallest absolute Gasteiger partial charge is 0.0336 e. The molecule has 2 unspecified atom stereocenters. The molecule has 2 atom stereocenters. The lowest BCUT2D eigenvalue weighted by Gasteiger charge is -2.34. The van der Waals surface area contributed by atoms with E-state index >= 15 is 0 Å². The van der Waals surface area contributed by atoms with Crippen molar-refractivity contribution in [2.24, 2.45) is 22.3 Å². The van der Waals surface area contributed by atoms with Gasteiger partial charge in [0, 0.05) is 11.6 Å². The summed E-state index contributed by atoms with van der Waals surface area (Å²) >= 11 is 0. The fourth-order valence-electron chi connectivity index (χ4n) is 3.01. The summed E-state index contributed by atoms with van der Waals surface area (Å²) in [5, 5.41) is 0. The van der Waals surface area contributed by atoms with Crippen molar-refractivity contribution in [3.63, 3.8) is 0 Å². The number of nitrogens with two attached hydrogens (primary N) is 2. The average molecular weight is 339 g/mol. The molecule has 0 amide bonds. The molecule has 0 aliphatic rings. The van der Waals surface area contributed by atoms with Crippen LogP contribution < -0.4 is 11.5 Å². The van der Waals surface area contributed by atoms with E-state index in [1.165, 1.54) is 32.1 Å². The van der Waals surface area contributed by atoms with Crippen LogP contribution in [0.2, 0.25) is 0 Å². The van der Waals surface area contributed by atoms with Crippen molar-refractivity contribution in [2.45, 2.75) is 117 Å². The molecule has 0 rings (SSSR count). The van der Waals surface area contributed by atoms with Crippen LogP contribution in [0.1, 0.15) is 106 Å². The Morgan fingerprint density at radius 2 is 1.46 bits per heavy atom. The molecular weight excluding hydrogens is 292 g/mol. The summed E-state index contributed by atoms with van der Waals surface area (Å²) in [5.74, 6) is 0. The fraction of sp³-hybridized carbons (Fsp3) is 0.909. The molecule has 0 aliphatic heterocycles. The van der Waals surface area contributed by atoms with Crippen LogP contribution in [0, 0.1) is 10.8 Å². The minimum absolute atomic E-state index is 0.228. The van der Waals surface area contributed by atoms with E-state index in [1.807, 2.05) is 6.08 Å². The van der Waals surface area contributed by atoms with E-state index in [9.17, 15) is 0 Å². The molecule has 0 spiro atoms. The first-order chi connectivity index (χ1) is 10.9. The van der Waals surface area contributed by atoms with Gasteiger partial charge in [-0.25, -0.2) is 0 Å². The fourth-order valence-corrected chi connectivity index (χ4v) is 3.01. The topological polar surface area (TPSA) is 52.0 Å². The molecule has 0 aromatic rings. The van der Waals surface area contributed by atoms with Crippen LogP contribution in [0.15, 0.2) is 12.7 Å². The lowest BCUT2D eigenvalue weighted by atomic mass is 9.75. The van der Waals surface area contributed by atoms with Gasteiger partial charge in [0.15, 0.2) is 0 Å². The molecular formula is C22H46N2. The van der Waals surface area contributed by atoms with E-state index < -0.39 is 0 Å². The summed E-state index contributed by atoms with van der Waals surface area (Å²) in [4.78, 5) is 0. The summed E-state index contributed by atoms with van der Waals surface area (Å²) in [6, 6.07) is 0.360. The second-order valence-electron chi connectivity index (χ2n) is 9.96. The molecule has 0 aromatic carbocycles. The highest BCUT2D eigenvalue weighted by atomic mass is 14.7. The van der Waals surface area contributed by atoms with Crippen molar-refractivity contribution in [3.8, 4) is 0 Å². The third-order valence-corrected chi connectivity index (χ3v) is 5.38. The Morgan fingerprint density at radius 3 is 1.96 bits per heavy atom. The summed E-state index contributed by atoms with van der Waals surface area (Å²) < 4.78 is 0. The van der Waals surface area contributed by atoms with Crippen LogP contribution in [0.25, 0.3) is 0 Å². The summed E-state index contributed by atoms with van der Waals surface area (Å²) in [5.41, 5.74) is 13.3.